The summed E-state index contributed by atoms with van der Waals surface area (Å²) in [6.07, 6.45) is 5.96. The summed E-state index contributed by atoms with van der Waals surface area (Å²) < 4.78 is 44.0. The Labute approximate surface area is 205 Å². The van der Waals surface area contributed by atoms with E-state index in [2.05, 4.69) is 25.3 Å². The van der Waals surface area contributed by atoms with Gasteiger partial charge >= 0.3 is 0 Å². The third-order valence-corrected chi connectivity index (χ3v) is 7.84. The first-order valence-corrected chi connectivity index (χ1v) is 12.4. The van der Waals surface area contributed by atoms with Gasteiger partial charge in [-0.25, -0.2) is 27.8 Å². The van der Waals surface area contributed by atoms with Crippen molar-refractivity contribution in [2.45, 2.75) is 50.6 Å². The molecule has 1 aliphatic carbocycles. The van der Waals surface area contributed by atoms with Gasteiger partial charge in [-0.2, -0.15) is 4.98 Å². The largest absolute Gasteiger partial charge is 0.356 e. The fraction of sp³-hybridized carbons (Fsp3) is 0.500. The van der Waals surface area contributed by atoms with Crippen molar-refractivity contribution in [3.8, 4) is 0 Å². The Bertz CT molecular complexity index is 1240. The lowest BCUT2D eigenvalue weighted by Gasteiger charge is -2.38. The van der Waals surface area contributed by atoms with E-state index in [1.54, 1.807) is 10.7 Å². The zero-order valence-corrected chi connectivity index (χ0v) is 19.7. The van der Waals surface area contributed by atoms with Crippen LogP contribution in [0, 0.1) is 29.3 Å². The highest BCUT2D eigenvalue weighted by Crippen LogP contribution is 2.40. The van der Waals surface area contributed by atoms with E-state index in [1.165, 1.54) is 12.4 Å². The maximum Gasteiger partial charge on any atom is 0.242 e. The molecule has 0 spiro atoms. The van der Waals surface area contributed by atoms with Gasteiger partial charge in [0.1, 0.15) is 23.1 Å². The highest BCUT2D eigenvalue weighted by Gasteiger charge is 2.43. The second-order valence-corrected chi connectivity index (χ2v) is 10.1. The molecule has 2 bridgehead atoms. The molecule has 0 radical (unpaired) electrons. The molecule has 3 aliphatic rings. The van der Waals surface area contributed by atoms with Gasteiger partial charge in [-0.05, 0) is 43.6 Å². The molecule has 7 nitrogen and oxygen atoms in total. The molecule has 2 aromatic heterocycles. The number of aromatic nitrogens is 5. The molecule has 2 fully saturated rings. The van der Waals surface area contributed by atoms with Gasteiger partial charge < -0.3 is 10.2 Å². The lowest BCUT2D eigenvalue weighted by molar-refractivity contribution is 0.374. The number of benzene rings is 1. The van der Waals surface area contributed by atoms with Crippen LogP contribution in [-0.4, -0.2) is 43.9 Å². The molecular formula is C24H25ClF3N7. The summed E-state index contributed by atoms with van der Waals surface area (Å²) in [6.45, 7) is 2.35. The molecule has 0 amide bonds. The number of halogens is 4. The van der Waals surface area contributed by atoms with Crippen molar-refractivity contribution in [1.29, 1.82) is 0 Å². The molecule has 4 atom stereocenters. The molecule has 6 rings (SSSR count). The SMILES string of the molecule is Fc1ccc([C@H]2CCCCn3nc(N[C@H]4[C@@H]5CC[C@H]4CN(c4cc(Cl)ncn4)C5)nc32)c(F)c1F. The Balaban J connectivity index is 1.24. The van der Waals surface area contributed by atoms with Crippen molar-refractivity contribution in [3.05, 3.63) is 58.5 Å². The number of rotatable bonds is 4. The minimum Gasteiger partial charge on any atom is -0.356 e. The molecule has 184 valence electrons. The number of aryl methyl sites for hydroxylation is 1. The van der Waals surface area contributed by atoms with Gasteiger partial charge in [-0.15, -0.1) is 5.10 Å². The van der Waals surface area contributed by atoms with Crippen LogP contribution in [0.15, 0.2) is 24.5 Å². The molecule has 4 heterocycles. The number of anilines is 2. The number of hydrogen-bond acceptors (Lipinski definition) is 6. The van der Waals surface area contributed by atoms with Crippen LogP contribution >= 0.6 is 11.6 Å². The molecule has 35 heavy (non-hydrogen) atoms. The number of hydrogen-bond donors (Lipinski definition) is 1. The van der Waals surface area contributed by atoms with E-state index in [-0.39, 0.29) is 11.6 Å². The van der Waals surface area contributed by atoms with E-state index in [4.69, 9.17) is 16.6 Å². The predicted molar refractivity (Wildman–Crippen MR) is 125 cm³/mol. The average Bonchev–Trinajstić information content (AvgIpc) is 3.25. The van der Waals surface area contributed by atoms with Gasteiger partial charge in [0, 0.05) is 43.2 Å². The van der Waals surface area contributed by atoms with E-state index >= 15 is 0 Å². The van der Waals surface area contributed by atoms with Crippen molar-refractivity contribution in [3.63, 3.8) is 0 Å². The van der Waals surface area contributed by atoms with Crippen molar-refractivity contribution < 1.29 is 13.2 Å². The minimum absolute atomic E-state index is 0.128. The van der Waals surface area contributed by atoms with Crippen LogP contribution in [0.25, 0.3) is 0 Å². The first kappa shape index (κ1) is 22.6. The van der Waals surface area contributed by atoms with Gasteiger partial charge in [-0.3, -0.25) is 0 Å². The van der Waals surface area contributed by atoms with E-state index in [1.807, 2.05) is 0 Å². The molecule has 1 N–H and O–H groups in total. The highest BCUT2D eigenvalue weighted by molar-refractivity contribution is 6.29. The summed E-state index contributed by atoms with van der Waals surface area (Å²) in [4.78, 5) is 15.4. The van der Waals surface area contributed by atoms with Crippen molar-refractivity contribution in [2.24, 2.45) is 11.8 Å². The van der Waals surface area contributed by atoms with Gasteiger partial charge in [0.05, 0.1) is 0 Å². The quantitative estimate of drug-likeness (QED) is 0.408. The maximum absolute atomic E-state index is 14.7. The first-order valence-electron chi connectivity index (χ1n) is 12.0. The standard InChI is InChI=1S/C24H25ClF3N7/c25-18-9-19(30-12-29-18)34-10-13-4-5-14(11-34)22(13)31-24-32-23-16(3-1-2-8-35(23)33-24)15-6-7-17(26)21(28)20(15)27/h6-7,9,12-14,16,22H,1-5,8,10-11H2,(H,31,33)/t13-,14+,16-,22+/m1/s1. The fourth-order valence-electron chi connectivity index (χ4n) is 5.97. The van der Waals surface area contributed by atoms with Crippen LogP contribution in [0.3, 0.4) is 0 Å². The van der Waals surface area contributed by atoms with Crippen molar-refractivity contribution in [1.82, 2.24) is 24.7 Å². The summed E-state index contributed by atoms with van der Waals surface area (Å²) in [6, 6.07) is 4.31. The van der Waals surface area contributed by atoms with Crippen LogP contribution in [-0.2, 0) is 6.54 Å². The third-order valence-electron chi connectivity index (χ3n) is 7.64. The zero-order valence-electron chi connectivity index (χ0n) is 19.0. The summed E-state index contributed by atoms with van der Waals surface area (Å²) in [5.74, 6) is -1.52. The molecule has 0 unspecified atom stereocenters. The zero-order chi connectivity index (χ0) is 24.1. The highest BCUT2D eigenvalue weighted by atomic mass is 35.5. The molecule has 1 aromatic carbocycles. The van der Waals surface area contributed by atoms with Crippen LogP contribution in [0.1, 0.15) is 49.4 Å². The molecular weight excluding hydrogens is 479 g/mol. The topological polar surface area (TPSA) is 71.8 Å². The van der Waals surface area contributed by atoms with Crippen LogP contribution in [0.2, 0.25) is 5.15 Å². The summed E-state index contributed by atoms with van der Waals surface area (Å²) in [5.41, 5.74) is 0.128. The van der Waals surface area contributed by atoms with Crippen molar-refractivity contribution >= 4 is 23.4 Å². The van der Waals surface area contributed by atoms with Gasteiger partial charge in [0.25, 0.3) is 0 Å². The van der Waals surface area contributed by atoms with E-state index in [9.17, 15) is 13.2 Å². The molecule has 1 saturated heterocycles. The minimum atomic E-state index is -1.44. The van der Waals surface area contributed by atoms with Crippen molar-refractivity contribution in [2.75, 3.05) is 23.3 Å². The number of nitrogens with one attached hydrogen (secondary N) is 1. The average molecular weight is 504 g/mol. The second kappa shape index (κ2) is 8.96. The summed E-state index contributed by atoms with van der Waals surface area (Å²) in [5, 5.41) is 8.67. The second-order valence-electron chi connectivity index (χ2n) is 9.70. The summed E-state index contributed by atoms with van der Waals surface area (Å²) >= 11 is 6.06. The fourth-order valence-corrected chi connectivity index (χ4v) is 6.11. The number of piperidine rings is 1. The smallest absolute Gasteiger partial charge is 0.242 e. The summed E-state index contributed by atoms with van der Waals surface area (Å²) in [7, 11) is 0. The first-order chi connectivity index (χ1) is 17.0. The van der Waals surface area contributed by atoms with Gasteiger partial charge in [0.2, 0.25) is 5.95 Å². The van der Waals surface area contributed by atoms with Crippen LogP contribution < -0.4 is 10.2 Å². The van der Waals surface area contributed by atoms with E-state index < -0.39 is 23.4 Å². The van der Waals surface area contributed by atoms with Gasteiger partial charge in [0.15, 0.2) is 17.5 Å². The number of fused-ring (bicyclic) bond motifs is 3. The Morgan fingerprint density at radius 1 is 0.971 bits per heavy atom. The Hall–Kier alpha value is -2.88. The monoisotopic (exact) mass is 503 g/mol. The predicted octanol–water partition coefficient (Wildman–Crippen LogP) is 4.78. The van der Waals surface area contributed by atoms with Gasteiger partial charge in [-0.1, -0.05) is 24.1 Å². The van der Waals surface area contributed by atoms with E-state index in [0.29, 0.717) is 41.7 Å². The van der Waals surface area contributed by atoms with E-state index in [0.717, 1.165) is 50.7 Å². The third kappa shape index (κ3) is 4.11. The molecule has 2 aliphatic heterocycles. The Morgan fingerprint density at radius 3 is 2.54 bits per heavy atom. The van der Waals surface area contributed by atoms with Crippen LogP contribution in [0.5, 0.6) is 0 Å². The lowest BCUT2D eigenvalue weighted by Crippen LogP contribution is -2.48. The molecule has 1 saturated carbocycles. The maximum atomic E-state index is 14.7. The van der Waals surface area contributed by atoms with Crippen LogP contribution in [0.4, 0.5) is 24.9 Å². The molecule has 11 heteroatoms. The number of nitrogens with zero attached hydrogens (tertiary/aromatic N) is 6. The lowest BCUT2D eigenvalue weighted by atomic mass is 9.92. The molecule has 3 aromatic rings. The Morgan fingerprint density at radius 2 is 1.77 bits per heavy atom. The Kier molecular flexibility index (Phi) is 5.78. The normalized spacial score (nSPS) is 25.9.